The molecule has 0 bridgehead atoms. The molecule has 1 N–H and O–H groups in total. The van der Waals surface area contributed by atoms with E-state index in [1.165, 1.54) is 19.2 Å². The third kappa shape index (κ3) is 3.37. The summed E-state index contributed by atoms with van der Waals surface area (Å²) in [6.07, 6.45) is 0.981. The van der Waals surface area contributed by atoms with Crippen molar-refractivity contribution < 1.29 is 38.4 Å². The minimum absolute atomic E-state index is 0.0210. The molecule has 3 rings (SSSR count). The molecular formula is C21H20O8. The molecule has 1 aliphatic heterocycles. The summed E-state index contributed by atoms with van der Waals surface area (Å²) in [4.78, 5) is 37.0. The molecule has 8 heteroatoms. The van der Waals surface area contributed by atoms with E-state index in [1.54, 1.807) is 13.8 Å². The molecule has 0 saturated heterocycles. The molecule has 29 heavy (non-hydrogen) atoms. The van der Waals surface area contributed by atoms with Crippen molar-refractivity contribution >= 4 is 18.2 Å². The lowest BCUT2D eigenvalue weighted by atomic mass is 10.0. The number of benzene rings is 2. The fraction of sp³-hybridized carbons (Fsp3) is 0.286. The number of hydrogen-bond donors (Lipinski definition) is 1. The van der Waals surface area contributed by atoms with Gasteiger partial charge in [-0.15, -0.1) is 0 Å². The Morgan fingerprint density at radius 3 is 2.52 bits per heavy atom. The zero-order valence-electron chi connectivity index (χ0n) is 16.5. The number of aldehydes is 1. The van der Waals surface area contributed by atoms with Crippen molar-refractivity contribution in [1.29, 1.82) is 0 Å². The monoisotopic (exact) mass is 400 g/mol. The van der Waals surface area contributed by atoms with Crippen molar-refractivity contribution in [3.63, 3.8) is 0 Å². The molecule has 2 aromatic carbocycles. The first-order valence-electron chi connectivity index (χ1n) is 8.94. The third-order valence-corrected chi connectivity index (χ3v) is 4.53. The number of carbonyl (C=O) groups is 3. The van der Waals surface area contributed by atoms with Crippen LogP contribution in [0.4, 0.5) is 0 Å². The fourth-order valence-corrected chi connectivity index (χ4v) is 3.07. The lowest BCUT2D eigenvalue weighted by molar-refractivity contribution is 0.0500. The average Bonchev–Trinajstić information content (AvgIpc) is 2.83. The largest absolute Gasteiger partial charge is 0.507 e. The second kappa shape index (κ2) is 7.83. The summed E-state index contributed by atoms with van der Waals surface area (Å²) in [5.74, 6) is -1.85. The standard InChI is InChI=1S/C21H20O8/c1-5-6-27-20(24)12-8-15(26-4)11(3)17-19(12)28-18-13(9-22)14(23)7-10(2)16(18)21(25)29-17/h7-9,23H,5-6H2,1-4H3. The number of hydrogen-bond acceptors (Lipinski definition) is 8. The van der Waals surface area contributed by atoms with Gasteiger partial charge in [0.15, 0.2) is 23.5 Å². The van der Waals surface area contributed by atoms with Gasteiger partial charge >= 0.3 is 11.9 Å². The summed E-state index contributed by atoms with van der Waals surface area (Å²) < 4.78 is 21.9. The molecule has 8 nitrogen and oxygen atoms in total. The van der Waals surface area contributed by atoms with E-state index in [2.05, 4.69) is 0 Å². The Labute approximate surface area is 167 Å². The third-order valence-electron chi connectivity index (χ3n) is 4.53. The van der Waals surface area contributed by atoms with Gasteiger partial charge in [0.25, 0.3) is 0 Å². The maximum absolute atomic E-state index is 12.8. The van der Waals surface area contributed by atoms with Crippen molar-refractivity contribution in [2.45, 2.75) is 27.2 Å². The number of esters is 2. The Morgan fingerprint density at radius 2 is 1.90 bits per heavy atom. The molecule has 152 valence electrons. The average molecular weight is 400 g/mol. The Kier molecular flexibility index (Phi) is 5.45. The topological polar surface area (TPSA) is 108 Å². The number of aryl methyl sites for hydroxylation is 1. The van der Waals surface area contributed by atoms with E-state index in [-0.39, 0.29) is 46.3 Å². The zero-order valence-corrected chi connectivity index (χ0v) is 16.5. The van der Waals surface area contributed by atoms with E-state index < -0.39 is 11.9 Å². The molecule has 0 aromatic heterocycles. The minimum Gasteiger partial charge on any atom is -0.507 e. The van der Waals surface area contributed by atoms with Crippen LogP contribution in [0.3, 0.4) is 0 Å². The number of ether oxygens (including phenoxy) is 4. The lowest BCUT2D eigenvalue weighted by Crippen LogP contribution is -2.11. The number of methoxy groups -OCH3 is 1. The first kappa shape index (κ1) is 20.2. The van der Waals surface area contributed by atoms with Crippen molar-refractivity contribution in [3.05, 3.63) is 39.9 Å². The number of rotatable bonds is 5. The van der Waals surface area contributed by atoms with Crippen molar-refractivity contribution in [1.82, 2.24) is 0 Å². The van der Waals surface area contributed by atoms with Crippen LogP contribution in [-0.2, 0) is 4.74 Å². The summed E-state index contributed by atoms with van der Waals surface area (Å²) in [5.41, 5.74) is 0.490. The minimum atomic E-state index is -0.788. The SMILES string of the molecule is CCCOC(=O)c1cc(OC)c(C)c2c1Oc1c(C=O)c(O)cc(C)c1C(=O)O2. The molecule has 0 spiro atoms. The molecule has 0 fully saturated rings. The van der Waals surface area contributed by atoms with Crippen LogP contribution < -0.4 is 14.2 Å². The Bertz CT molecular complexity index is 1020. The van der Waals surface area contributed by atoms with E-state index in [4.69, 9.17) is 18.9 Å². The summed E-state index contributed by atoms with van der Waals surface area (Å²) in [7, 11) is 1.41. The highest BCUT2D eigenvalue weighted by molar-refractivity contribution is 6.03. The molecule has 2 aromatic rings. The van der Waals surface area contributed by atoms with Crippen molar-refractivity contribution in [3.8, 4) is 28.7 Å². The first-order chi connectivity index (χ1) is 13.8. The van der Waals surface area contributed by atoms with Gasteiger partial charge in [0.05, 0.1) is 19.3 Å². The van der Waals surface area contributed by atoms with E-state index in [0.29, 0.717) is 29.6 Å². The summed E-state index contributed by atoms with van der Waals surface area (Å²) >= 11 is 0. The summed E-state index contributed by atoms with van der Waals surface area (Å²) in [6.45, 7) is 5.23. The Balaban J connectivity index is 2.31. The second-order valence-corrected chi connectivity index (χ2v) is 6.49. The molecule has 1 heterocycles. The van der Waals surface area contributed by atoms with Crippen LogP contribution in [0, 0.1) is 13.8 Å². The smallest absolute Gasteiger partial charge is 0.347 e. The van der Waals surface area contributed by atoms with E-state index in [0.717, 1.165) is 0 Å². The quantitative estimate of drug-likeness (QED) is 0.460. The van der Waals surface area contributed by atoms with Gasteiger partial charge in [-0.1, -0.05) is 6.92 Å². The molecule has 0 unspecified atom stereocenters. The highest BCUT2D eigenvalue weighted by atomic mass is 16.6. The Hall–Kier alpha value is -3.55. The maximum atomic E-state index is 12.8. The zero-order chi connectivity index (χ0) is 21.3. The van der Waals surface area contributed by atoms with Gasteiger partial charge in [0.2, 0.25) is 0 Å². The first-order valence-corrected chi connectivity index (χ1v) is 8.94. The molecule has 0 saturated carbocycles. The van der Waals surface area contributed by atoms with Crippen LogP contribution in [0.25, 0.3) is 0 Å². The van der Waals surface area contributed by atoms with Crippen molar-refractivity contribution in [2.24, 2.45) is 0 Å². The van der Waals surface area contributed by atoms with Gasteiger partial charge in [-0.3, -0.25) is 4.79 Å². The normalized spacial score (nSPS) is 12.1. The van der Waals surface area contributed by atoms with E-state index in [1.807, 2.05) is 6.92 Å². The van der Waals surface area contributed by atoms with Crippen LogP contribution >= 0.6 is 0 Å². The van der Waals surface area contributed by atoms with Crippen LogP contribution in [0.15, 0.2) is 12.1 Å². The second-order valence-electron chi connectivity index (χ2n) is 6.49. The van der Waals surface area contributed by atoms with E-state index >= 15 is 0 Å². The number of phenols is 1. The number of carbonyl (C=O) groups excluding carboxylic acids is 3. The molecule has 0 atom stereocenters. The molecule has 0 radical (unpaired) electrons. The lowest BCUT2D eigenvalue weighted by Gasteiger charge is -2.17. The van der Waals surface area contributed by atoms with Gasteiger partial charge in [0.1, 0.15) is 22.6 Å². The molecular weight excluding hydrogens is 380 g/mol. The number of fused-ring (bicyclic) bond motifs is 2. The van der Waals surface area contributed by atoms with Gasteiger partial charge in [-0.25, -0.2) is 9.59 Å². The molecule has 1 aliphatic rings. The van der Waals surface area contributed by atoms with Crippen LogP contribution in [0.1, 0.15) is 55.5 Å². The summed E-state index contributed by atoms with van der Waals surface area (Å²) in [6, 6.07) is 2.69. The predicted molar refractivity (Wildman–Crippen MR) is 102 cm³/mol. The number of aromatic hydroxyl groups is 1. The molecule has 0 aliphatic carbocycles. The van der Waals surface area contributed by atoms with Gasteiger partial charge in [-0.2, -0.15) is 0 Å². The highest BCUT2D eigenvalue weighted by Gasteiger charge is 2.34. The van der Waals surface area contributed by atoms with Gasteiger partial charge in [0, 0.05) is 5.56 Å². The van der Waals surface area contributed by atoms with Crippen LogP contribution in [0.2, 0.25) is 0 Å². The highest BCUT2D eigenvalue weighted by Crippen LogP contribution is 2.48. The predicted octanol–water partition coefficient (Wildman–Crippen LogP) is 3.72. The van der Waals surface area contributed by atoms with Crippen LogP contribution in [-0.4, -0.2) is 37.0 Å². The Morgan fingerprint density at radius 1 is 1.17 bits per heavy atom. The van der Waals surface area contributed by atoms with Gasteiger partial charge < -0.3 is 24.1 Å². The summed E-state index contributed by atoms with van der Waals surface area (Å²) in [5, 5.41) is 10.1. The van der Waals surface area contributed by atoms with Crippen molar-refractivity contribution in [2.75, 3.05) is 13.7 Å². The van der Waals surface area contributed by atoms with Crippen LogP contribution in [0.5, 0.6) is 28.7 Å². The fourth-order valence-electron chi connectivity index (χ4n) is 3.07. The number of phenolic OH excluding ortho intramolecular Hbond substituents is 1. The van der Waals surface area contributed by atoms with E-state index in [9.17, 15) is 19.5 Å². The molecule has 0 amide bonds. The maximum Gasteiger partial charge on any atom is 0.347 e. The van der Waals surface area contributed by atoms with Gasteiger partial charge in [-0.05, 0) is 38.0 Å².